The molecule has 0 aliphatic carbocycles. The maximum absolute atomic E-state index is 13.1. The molecule has 1 aliphatic rings. The maximum atomic E-state index is 13.1. The average molecular weight is 260 g/mol. The minimum Gasteiger partial charge on any atom is -0.390 e. The van der Waals surface area contributed by atoms with Gasteiger partial charge in [0.25, 0.3) is 0 Å². The summed E-state index contributed by atoms with van der Waals surface area (Å²) in [5.41, 5.74) is 0.942. The molecule has 76 valence electrons. The molecular formula is C10H11BrFNO. The fraction of sp³-hybridized carbons (Fsp3) is 0.400. The van der Waals surface area contributed by atoms with Crippen molar-refractivity contribution in [3.63, 3.8) is 0 Å². The van der Waals surface area contributed by atoms with E-state index < -0.39 is 0 Å². The number of β-amino-alcohol motifs (C(OH)–C–C–N with tert-alkyl or cyclic N) is 1. The molecule has 0 atom stereocenters. The molecule has 0 unspecified atom stereocenters. The molecule has 1 heterocycles. The van der Waals surface area contributed by atoms with Crippen molar-refractivity contribution in [1.82, 2.24) is 4.90 Å². The number of benzene rings is 1. The predicted molar refractivity (Wildman–Crippen MR) is 55.4 cm³/mol. The van der Waals surface area contributed by atoms with E-state index in [1.807, 2.05) is 6.07 Å². The quantitative estimate of drug-likeness (QED) is 0.875. The zero-order valence-corrected chi connectivity index (χ0v) is 9.17. The molecule has 0 spiro atoms. The topological polar surface area (TPSA) is 23.5 Å². The van der Waals surface area contributed by atoms with E-state index in [1.165, 1.54) is 6.07 Å². The first kappa shape index (κ1) is 10.1. The molecule has 0 amide bonds. The normalized spacial score (nSPS) is 18.2. The zero-order valence-electron chi connectivity index (χ0n) is 7.58. The van der Waals surface area contributed by atoms with Crippen LogP contribution < -0.4 is 0 Å². The number of halogens is 2. The molecule has 1 aromatic carbocycles. The molecule has 2 nitrogen and oxygen atoms in total. The second kappa shape index (κ2) is 3.96. The average Bonchev–Trinajstić information content (AvgIpc) is 2.09. The number of hydrogen-bond acceptors (Lipinski definition) is 2. The van der Waals surface area contributed by atoms with Gasteiger partial charge in [-0.15, -0.1) is 0 Å². The summed E-state index contributed by atoms with van der Waals surface area (Å²) < 4.78 is 13.6. The Balaban J connectivity index is 2.00. The molecule has 2 rings (SSSR count). The van der Waals surface area contributed by atoms with Crippen LogP contribution in [0.15, 0.2) is 22.7 Å². The van der Waals surface area contributed by atoms with Crippen molar-refractivity contribution in [2.24, 2.45) is 0 Å². The van der Waals surface area contributed by atoms with Crippen molar-refractivity contribution in [3.8, 4) is 0 Å². The zero-order chi connectivity index (χ0) is 10.1. The largest absolute Gasteiger partial charge is 0.390 e. The predicted octanol–water partition coefficient (Wildman–Crippen LogP) is 1.76. The highest BCUT2D eigenvalue weighted by molar-refractivity contribution is 9.10. The van der Waals surface area contributed by atoms with Gasteiger partial charge in [-0.25, -0.2) is 4.39 Å². The number of rotatable bonds is 2. The van der Waals surface area contributed by atoms with E-state index in [0.717, 1.165) is 5.56 Å². The van der Waals surface area contributed by atoms with Crippen molar-refractivity contribution in [2.75, 3.05) is 13.1 Å². The lowest BCUT2D eigenvalue weighted by molar-refractivity contribution is -0.00290. The van der Waals surface area contributed by atoms with Crippen LogP contribution in [0.25, 0.3) is 0 Å². The molecule has 1 N–H and O–H groups in total. The van der Waals surface area contributed by atoms with Crippen molar-refractivity contribution in [3.05, 3.63) is 34.1 Å². The highest BCUT2D eigenvalue weighted by atomic mass is 79.9. The van der Waals surface area contributed by atoms with E-state index in [9.17, 15) is 4.39 Å². The van der Waals surface area contributed by atoms with Crippen LogP contribution in [0.4, 0.5) is 4.39 Å². The first-order valence-electron chi connectivity index (χ1n) is 4.49. The van der Waals surface area contributed by atoms with Gasteiger partial charge in [-0.1, -0.05) is 6.07 Å². The summed E-state index contributed by atoms with van der Waals surface area (Å²) in [6, 6.07) is 5.12. The van der Waals surface area contributed by atoms with Gasteiger partial charge in [0.1, 0.15) is 5.82 Å². The summed E-state index contributed by atoms with van der Waals surface area (Å²) in [5, 5.41) is 9.07. The Morgan fingerprint density at radius 1 is 1.50 bits per heavy atom. The van der Waals surface area contributed by atoms with Crippen LogP contribution in [0.2, 0.25) is 0 Å². The molecule has 0 aromatic heterocycles. The summed E-state index contributed by atoms with van der Waals surface area (Å²) in [6.45, 7) is 2.09. The van der Waals surface area contributed by atoms with E-state index in [-0.39, 0.29) is 11.9 Å². The SMILES string of the molecule is OC1CN(Cc2ccc(Br)c(F)c2)C1. The van der Waals surface area contributed by atoms with E-state index >= 15 is 0 Å². The number of aliphatic hydroxyl groups excluding tert-OH is 1. The van der Waals surface area contributed by atoms with E-state index in [2.05, 4.69) is 20.8 Å². The highest BCUT2D eigenvalue weighted by Gasteiger charge is 2.23. The lowest BCUT2D eigenvalue weighted by atomic mass is 10.1. The third-order valence-corrected chi connectivity index (χ3v) is 2.97. The number of likely N-dealkylation sites (tertiary alicyclic amines) is 1. The molecule has 1 aliphatic heterocycles. The molecule has 1 fully saturated rings. The van der Waals surface area contributed by atoms with Gasteiger partial charge in [0.2, 0.25) is 0 Å². The Bertz CT molecular complexity index is 339. The van der Waals surface area contributed by atoms with Crippen LogP contribution >= 0.6 is 15.9 Å². The van der Waals surface area contributed by atoms with Crippen LogP contribution in [0.5, 0.6) is 0 Å². The van der Waals surface area contributed by atoms with Crippen LogP contribution in [-0.4, -0.2) is 29.2 Å². The minimum atomic E-state index is -0.233. The molecule has 1 aromatic rings. The third kappa shape index (κ3) is 2.13. The number of hydrogen-bond donors (Lipinski definition) is 1. The van der Waals surface area contributed by atoms with E-state index in [0.29, 0.717) is 24.1 Å². The summed E-state index contributed by atoms with van der Waals surface area (Å²) in [7, 11) is 0. The Hall–Kier alpha value is -0.450. The summed E-state index contributed by atoms with van der Waals surface area (Å²) >= 11 is 3.11. The van der Waals surface area contributed by atoms with Crippen molar-refractivity contribution < 1.29 is 9.50 Å². The first-order valence-corrected chi connectivity index (χ1v) is 5.29. The standard InChI is InChI=1S/C10H11BrFNO/c11-9-2-1-7(3-10(9)12)4-13-5-8(14)6-13/h1-3,8,14H,4-6H2. The van der Waals surface area contributed by atoms with Gasteiger partial charge in [-0.3, -0.25) is 4.90 Å². The molecule has 4 heteroatoms. The molecule has 0 saturated carbocycles. The van der Waals surface area contributed by atoms with Crippen molar-refractivity contribution >= 4 is 15.9 Å². The van der Waals surface area contributed by atoms with Gasteiger partial charge in [0, 0.05) is 19.6 Å². The monoisotopic (exact) mass is 259 g/mol. The second-order valence-corrected chi connectivity index (χ2v) is 4.45. The Morgan fingerprint density at radius 2 is 2.21 bits per heavy atom. The first-order chi connectivity index (χ1) is 6.65. The fourth-order valence-electron chi connectivity index (χ4n) is 1.57. The smallest absolute Gasteiger partial charge is 0.137 e. The lowest BCUT2D eigenvalue weighted by Gasteiger charge is -2.35. The highest BCUT2D eigenvalue weighted by Crippen LogP contribution is 2.19. The maximum Gasteiger partial charge on any atom is 0.137 e. The minimum absolute atomic E-state index is 0.199. The van der Waals surface area contributed by atoms with Gasteiger partial charge in [-0.05, 0) is 33.6 Å². The van der Waals surface area contributed by atoms with Crippen molar-refractivity contribution in [2.45, 2.75) is 12.6 Å². The van der Waals surface area contributed by atoms with Gasteiger partial charge in [0.05, 0.1) is 10.6 Å². The van der Waals surface area contributed by atoms with Gasteiger partial charge in [0.15, 0.2) is 0 Å². The summed E-state index contributed by atoms with van der Waals surface area (Å²) in [4.78, 5) is 2.08. The molecule has 0 bridgehead atoms. The van der Waals surface area contributed by atoms with E-state index in [1.54, 1.807) is 6.07 Å². The van der Waals surface area contributed by atoms with Crippen molar-refractivity contribution in [1.29, 1.82) is 0 Å². The number of nitrogens with zero attached hydrogens (tertiary/aromatic N) is 1. The molecule has 14 heavy (non-hydrogen) atoms. The van der Waals surface area contributed by atoms with Gasteiger partial charge < -0.3 is 5.11 Å². The second-order valence-electron chi connectivity index (χ2n) is 3.60. The lowest BCUT2D eigenvalue weighted by Crippen LogP contribution is -2.49. The van der Waals surface area contributed by atoms with Gasteiger partial charge in [-0.2, -0.15) is 0 Å². The molecular weight excluding hydrogens is 249 g/mol. The molecule has 1 saturated heterocycles. The Kier molecular flexibility index (Phi) is 2.85. The fourth-order valence-corrected chi connectivity index (χ4v) is 1.81. The van der Waals surface area contributed by atoms with E-state index in [4.69, 9.17) is 5.11 Å². The Morgan fingerprint density at radius 3 is 2.79 bits per heavy atom. The summed E-state index contributed by atoms with van der Waals surface area (Å²) in [6.07, 6.45) is -0.199. The van der Waals surface area contributed by atoms with Crippen LogP contribution in [-0.2, 0) is 6.54 Å². The summed E-state index contributed by atoms with van der Waals surface area (Å²) in [5.74, 6) is -0.233. The molecule has 0 radical (unpaired) electrons. The third-order valence-electron chi connectivity index (χ3n) is 2.33. The Labute approximate surface area is 90.5 Å². The van der Waals surface area contributed by atoms with Crippen LogP contribution in [0, 0.1) is 5.82 Å². The van der Waals surface area contributed by atoms with Crippen LogP contribution in [0.1, 0.15) is 5.56 Å². The van der Waals surface area contributed by atoms with Crippen LogP contribution in [0.3, 0.4) is 0 Å². The number of aliphatic hydroxyl groups is 1. The van der Waals surface area contributed by atoms with Gasteiger partial charge >= 0.3 is 0 Å².